The van der Waals surface area contributed by atoms with Gasteiger partial charge in [-0.2, -0.15) is 12.7 Å². The van der Waals surface area contributed by atoms with Crippen LogP contribution in [0.5, 0.6) is 0 Å². The van der Waals surface area contributed by atoms with Gasteiger partial charge in [0, 0.05) is 24.7 Å². The molecule has 25 heavy (non-hydrogen) atoms. The zero-order valence-corrected chi connectivity index (χ0v) is 15.1. The Bertz CT molecular complexity index is 850. The number of nitrogens with zero attached hydrogens (tertiary/aromatic N) is 3. The molecule has 136 valence electrons. The number of nitrogens with one attached hydrogen (secondary N) is 1. The quantitative estimate of drug-likeness (QED) is 0.859. The molecule has 1 saturated heterocycles. The second-order valence-corrected chi connectivity index (χ2v) is 7.99. The van der Waals surface area contributed by atoms with Crippen molar-refractivity contribution in [1.82, 2.24) is 19.3 Å². The molecule has 3 heterocycles. The third-order valence-corrected chi connectivity index (χ3v) is 5.76. The van der Waals surface area contributed by atoms with E-state index in [9.17, 15) is 12.8 Å². The molecular weight excluding hydrogens is 345 g/mol. The van der Waals surface area contributed by atoms with Crippen LogP contribution in [0.25, 0.3) is 11.5 Å². The Morgan fingerprint density at radius 3 is 2.76 bits per heavy atom. The molecule has 0 radical (unpaired) electrons. The van der Waals surface area contributed by atoms with Crippen molar-refractivity contribution in [2.75, 3.05) is 13.1 Å². The average Bonchev–Trinajstić information content (AvgIpc) is 2.98. The van der Waals surface area contributed by atoms with Crippen LogP contribution in [-0.2, 0) is 16.6 Å². The second-order valence-electron chi connectivity index (χ2n) is 6.44. The van der Waals surface area contributed by atoms with E-state index in [4.69, 9.17) is 10.1 Å². The van der Waals surface area contributed by atoms with Gasteiger partial charge in [-0.15, -0.1) is 0 Å². The summed E-state index contributed by atoms with van der Waals surface area (Å²) in [6.07, 6.45) is 2.59. The van der Waals surface area contributed by atoms with E-state index >= 15 is 0 Å². The minimum absolute atomic E-state index is 0.0923. The largest absolute Gasteiger partial charge is 0.340 e. The van der Waals surface area contributed by atoms with Crippen molar-refractivity contribution in [3.8, 4) is 11.5 Å². The summed E-state index contributed by atoms with van der Waals surface area (Å²) in [7, 11) is -3.66. The molecule has 9 heteroatoms. The minimum atomic E-state index is -3.66. The number of hydrogen-bond acceptors (Lipinski definition) is 4. The third-order valence-electron chi connectivity index (χ3n) is 4.71. The zero-order valence-electron chi connectivity index (χ0n) is 14.2. The summed E-state index contributed by atoms with van der Waals surface area (Å²) in [4.78, 5) is 12.0. The Morgan fingerprint density at radius 1 is 1.44 bits per heavy atom. The van der Waals surface area contributed by atoms with E-state index < -0.39 is 16.0 Å². The normalized spacial score (nSPS) is 22.2. The van der Waals surface area contributed by atoms with Crippen molar-refractivity contribution in [2.45, 2.75) is 32.6 Å². The maximum absolute atomic E-state index is 13.1. The topological polar surface area (TPSA) is 105 Å². The molecule has 1 aliphatic heterocycles. The monoisotopic (exact) mass is 367 g/mol. The van der Waals surface area contributed by atoms with E-state index in [1.54, 1.807) is 6.07 Å². The Hall–Kier alpha value is -1.84. The van der Waals surface area contributed by atoms with Gasteiger partial charge in [0.2, 0.25) is 0 Å². The number of halogens is 1. The second kappa shape index (κ2) is 6.81. The zero-order chi connectivity index (χ0) is 18.2. The van der Waals surface area contributed by atoms with Crippen molar-refractivity contribution in [1.29, 1.82) is 0 Å². The molecule has 0 aliphatic carbocycles. The van der Waals surface area contributed by atoms with Gasteiger partial charge in [0.15, 0.2) is 5.82 Å². The maximum atomic E-state index is 13.1. The van der Waals surface area contributed by atoms with E-state index in [0.29, 0.717) is 31.0 Å². The lowest BCUT2D eigenvalue weighted by atomic mass is 9.84. The molecule has 0 aromatic carbocycles. The standard InChI is InChI=1S/C16H22FN5O2S/c1-3-13-15(12-6-7-22(9-10(12)2)25(18,23)24)21-16(20-13)14-5-4-11(17)8-19-14/h4-5,8,10,12H,3,6-7,9H2,1-2H3,(H,20,21)(H2,18,23,24). The summed E-state index contributed by atoms with van der Waals surface area (Å²) in [5.41, 5.74) is 2.52. The van der Waals surface area contributed by atoms with E-state index in [0.717, 1.165) is 24.0 Å². The smallest absolute Gasteiger partial charge is 0.276 e. The number of H-pyrrole nitrogens is 1. The Kier molecular flexibility index (Phi) is 4.90. The fraction of sp³-hybridized carbons (Fsp3) is 0.500. The molecular formula is C16H22FN5O2S. The highest BCUT2D eigenvalue weighted by molar-refractivity contribution is 7.86. The number of aromatic nitrogens is 3. The first-order valence-electron chi connectivity index (χ1n) is 8.28. The van der Waals surface area contributed by atoms with E-state index in [2.05, 4.69) is 9.97 Å². The van der Waals surface area contributed by atoms with Gasteiger partial charge in [0.1, 0.15) is 11.5 Å². The maximum Gasteiger partial charge on any atom is 0.276 e. The van der Waals surface area contributed by atoms with Gasteiger partial charge in [-0.25, -0.2) is 19.5 Å². The first kappa shape index (κ1) is 18.0. The number of aromatic amines is 1. The first-order valence-corrected chi connectivity index (χ1v) is 9.78. The number of piperidine rings is 1. The molecule has 3 rings (SSSR count). The van der Waals surface area contributed by atoms with Crippen molar-refractivity contribution in [3.05, 3.63) is 35.5 Å². The van der Waals surface area contributed by atoms with Crippen molar-refractivity contribution in [2.24, 2.45) is 11.1 Å². The predicted octanol–water partition coefficient (Wildman–Crippen LogP) is 1.80. The molecule has 0 spiro atoms. The van der Waals surface area contributed by atoms with Crippen LogP contribution in [0, 0.1) is 11.7 Å². The molecule has 0 amide bonds. The number of rotatable bonds is 4. The molecule has 2 atom stereocenters. The van der Waals surface area contributed by atoms with Crippen LogP contribution < -0.4 is 5.14 Å². The number of nitrogens with two attached hydrogens (primary N) is 1. The van der Waals surface area contributed by atoms with Crippen LogP contribution in [0.1, 0.15) is 37.6 Å². The molecule has 2 aromatic heterocycles. The summed E-state index contributed by atoms with van der Waals surface area (Å²) in [6, 6.07) is 2.94. The van der Waals surface area contributed by atoms with Crippen LogP contribution in [0.2, 0.25) is 0 Å². The number of pyridine rings is 1. The summed E-state index contributed by atoms with van der Waals surface area (Å²) < 4.78 is 37.5. The first-order chi connectivity index (χ1) is 11.8. The van der Waals surface area contributed by atoms with Gasteiger partial charge in [-0.1, -0.05) is 13.8 Å². The summed E-state index contributed by atoms with van der Waals surface area (Å²) in [5.74, 6) is 0.441. The SMILES string of the molecule is CCc1[nH]c(-c2ccc(F)cn2)nc1C1CCN(S(N)(=O)=O)CC1C. The number of aryl methyl sites for hydroxylation is 1. The summed E-state index contributed by atoms with van der Waals surface area (Å²) in [6.45, 7) is 4.80. The number of hydrogen-bond donors (Lipinski definition) is 2. The van der Waals surface area contributed by atoms with E-state index in [1.165, 1.54) is 10.4 Å². The van der Waals surface area contributed by atoms with E-state index in [1.807, 2.05) is 13.8 Å². The van der Waals surface area contributed by atoms with Crippen LogP contribution >= 0.6 is 0 Å². The van der Waals surface area contributed by atoms with Gasteiger partial charge in [-0.05, 0) is 30.9 Å². The molecule has 2 aromatic rings. The van der Waals surface area contributed by atoms with Crippen LogP contribution in [0.15, 0.2) is 18.3 Å². The highest BCUT2D eigenvalue weighted by atomic mass is 32.2. The van der Waals surface area contributed by atoms with Crippen molar-refractivity contribution in [3.63, 3.8) is 0 Å². The lowest BCUT2D eigenvalue weighted by molar-refractivity contribution is 0.245. The Balaban J connectivity index is 1.88. The molecule has 1 fully saturated rings. The van der Waals surface area contributed by atoms with Crippen molar-refractivity contribution < 1.29 is 12.8 Å². The molecule has 0 bridgehead atoms. The molecule has 0 saturated carbocycles. The molecule has 3 N–H and O–H groups in total. The average molecular weight is 367 g/mol. The lowest BCUT2D eigenvalue weighted by Gasteiger charge is -2.34. The number of imidazole rings is 1. The predicted molar refractivity (Wildman–Crippen MR) is 92.4 cm³/mol. The van der Waals surface area contributed by atoms with Gasteiger partial charge in [0.25, 0.3) is 10.2 Å². The van der Waals surface area contributed by atoms with Crippen LogP contribution in [0.4, 0.5) is 4.39 Å². The highest BCUT2D eigenvalue weighted by Gasteiger charge is 2.34. The van der Waals surface area contributed by atoms with Crippen LogP contribution in [0.3, 0.4) is 0 Å². The van der Waals surface area contributed by atoms with Crippen LogP contribution in [-0.4, -0.2) is 40.8 Å². The molecule has 1 aliphatic rings. The third kappa shape index (κ3) is 3.73. The lowest BCUT2D eigenvalue weighted by Crippen LogP contribution is -2.45. The summed E-state index contributed by atoms with van der Waals surface area (Å²) >= 11 is 0. The van der Waals surface area contributed by atoms with Crippen molar-refractivity contribution >= 4 is 10.2 Å². The fourth-order valence-electron chi connectivity index (χ4n) is 3.38. The Labute approximate surface area is 146 Å². The fourth-order valence-corrected chi connectivity index (χ4v) is 4.18. The summed E-state index contributed by atoms with van der Waals surface area (Å²) in [5, 5.41) is 5.24. The van der Waals surface area contributed by atoms with Gasteiger partial charge in [0.05, 0.1) is 11.9 Å². The van der Waals surface area contributed by atoms with Gasteiger partial charge in [-0.3, -0.25) is 0 Å². The highest BCUT2D eigenvalue weighted by Crippen LogP contribution is 2.35. The molecule has 7 nitrogen and oxygen atoms in total. The minimum Gasteiger partial charge on any atom is -0.340 e. The van der Waals surface area contributed by atoms with E-state index in [-0.39, 0.29) is 11.8 Å². The Morgan fingerprint density at radius 2 is 2.20 bits per heavy atom. The van der Waals surface area contributed by atoms with Gasteiger partial charge < -0.3 is 4.98 Å². The van der Waals surface area contributed by atoms with Gasteiger partial charge >= 0.3 is 0 Å². The molecule has 2 unspecified atom stereocenters.